The first-order valence-electron chi connectivity index (χ1n) is 5.13. The summed E-state index contributed by atoms with van der Waals surface area (Å²) in [5.41, 5.74) is -0.537. The second kappa shape index (κ2) is 4.44. The van der Waals surface area contributed by atoms with Gasteiger partial charge in [-0.1, -0.05) is 13.3 Å². The van der Waals surface area contributed by atoms with Gasteiger partial charge in [0.25, 0.3) is 0 Å². The number of nitrogens with one attached hydrogen (secondary N) is 2. The molecule has 1 atom stereocenters. The Kier molecular flexibility index (Phi) is 3.49. The van der Waals surface area contributed by atoms with Crippen LogP contribution in [0.2, 0.25) is 0 Å². The molecule has 4 heteroatoms. The summed E-state index contributed by atoms with van der Waals surface area (Å²) in [6.07, 6.45) is 2.36. The quantitative estimate of drug-likeness (QED) is 0.643. The molecule has 1 aliphatic rings. The molecule has 80 valence electrons. The van der Waals surface area contributed by atoms with Crippen LogP contribution >= 0.6 is 0 Å². The van der Waals surface area contributed by atoms with E-state index in [9.17, 15) is 9.59 Å². The van der Waals surface area contributed by atoms with Crippen LogP contribution in [0, 0.1) is 5.41 Å². The fourth-order valence-electron chi connectivity index (χ4n) is 1.53. The zero-order valence-electron chi connectivity index (χ0n) is 8.85. The Morgan fingerprint density at radius 3 is 2.86 bits per heavy atom. The van der Waals surface area contributed by atoms with Crippen molar-refractivity contribution in [3.8, 4) is 0 Å². The van der Waals surface area contributed by atoms with Gasteiger partial charge in [-0.2, -0.15) is 0 Å². The molecule has 2 amide bonds. The zero-order valence-corrected chi connectivity index (χ0v) is 8.85. The monoisotopic (exact) mass is 198 g/mol. The molecule has 2 N–H and O–H groups in total. The third kappa shape index (κ3) is 2.47. The summed E-state index contributed by atoms with van der Waals surface area (Å²) in [7, 11) is 0. The average molecular weight is 198 g/mol. The van der Waals surface area contributed by atoms with Gasteiger partial charge in [-0.25, -0.2) is 0 Å². The van der Waals surface area contributed by atoms with Gasteiger partial charge in [0.05, 0.1) is 5.41 Å². The van der Waals surface area contributed by atoms with Gasteiger partial charge in [0.1, 0.15) is 0 Å². The first kappa shape index (κ1) is 11.0. The molecule has 0 aromatic carbocycles. The largest absolute Gasteiger partial charge is 0.356 e. The lowest BCUT2D eigenvalue weighted by atomic mass is 9.88. The molecule has 1 saturated heterocycles. The van der Waals surface area contributed by atoms with E-state index in [-0.39, 0.29) is 11.8 Å². The minimum Gasteiger partial charge on any atom is -0.356 e. The predicted molar refractivity (Wildman–Crippen MR) is 53.7 cm³/mol. The lowest BCUT2D eigenvalue weighted by Gasteiger charge is -2.20. The SMILES string of the molecule is CCCCNC(=O)C1(C)CNC(=O)C1. The summed E-state index contributed by atoms with van der Waals surface area (Å²) in [6, 6.07) is 0. The van der Waals surface area contributed by atoms with Gasteiger partial charge in [0, 0.05) is 19.5 Å². The van der Waals surface area contributed by atoms with Crippen molar-refractivity contribution in [3.63, 3.8) is 0 Å². The minimum absolute atomic E-state index is 0.00991. The second-order valence-electron chi connectivity index (χ2n) is 4.12. The van der Waals surface area contributed by atoms with Crippen molar-refractivity contribution in [3.05, 3.63) is 0 Å². The molecule has 1 heterocycles. The van der Waals surface area contributed by atoms with Crippen molar-refractivity contribution in [2.75, 3.05) is 13.1 Å². The lowest BCUT2D eigenvalue weighted by Crippen LogP contribution is -2.40. The van der Waals surface area contributed by atoms with Crippen LogP contribution in [0.5, 0.6) is 0 Å². The van der Waals surface area contributed by atoms with Crippen LogP contribution in [0.4, 0.5) is 0 Å². The average Bonchev–Trinajstić information content (AvgIpc) is 2.48. The minimum atomic E-state index is -0.537. The topological polar surface area (TPSA) is 58.2 Å². The maximum absolute atomic E-state index is 11.7. The molecular weight excluding hydrogens is 180 g/mol. The summed E-state index contributed by atoms with van der Waals surface area (Å²) in [6.45, 7) is 5.07. The Morgan fingerprint density at radius 1 is 1.64 bits per heavy atom. The third-order valence-electron chi connectivity index (χ3n) is 2.59. The molecule has 4 nitrogen and oxygen atoms in total. The highest BCUT2D eigenvalue weighted by molar-refractivity contribution is 5.92. The van der Waals surface area contributed by atoms with Crippen molar-refractivity contribution in [1.82, 2.24) is 10.6 Å². The molecule has 0 aromatic heterocycles. The van der Waals surface area contributed by atoms with Crippen LogP contribution < -0.4 is 10.6 Å². The standard InChI is InChI=1S/C10H18N2O2/c1-3-4-5-11-9(14)10(2)6-8(13)12-7-10/h3-7H2,1-2H3,(H,11,14)(H,12,13). The van der Waals surface area contributed by atoms with E-state index in [1.165, 1.54) is 0 Å². The third-order valence-corrected chi connectivity index (χ3v) is 2.59. The van der Waals surface area contributed by atoms with E-state index in [2.05, 4.69) is 17.6 Å². The fourth-order valence-corrected chi connectivity index (χ4v) is 1.53. The van der Waals surface area contributed by atoms with Gasteiger partial charge in [0.2, 0.25) is 11.8 Å². The Balaban J connectivity index is 2.39. The molecule has 0 bridgehead atoms. The Labute approximate surface area is 84.4 Å². The van der Waals surface area contributed by atoms with Crippen molar-refractivity contribution in [2.24, 2.45) is 5.41 Å². The first-order valence-corrected chi connectivity index (χ1v) is 5.13. The number of rotatable bonds is 4. The van der Waals surface area contributed by atoms with Crippen LogP contribution in [0.15, 0.2) is 0 Å². The van der Waals surface area contributed by atoms with Gasteiger partial charge >= 0.3 is 0 Å². The Bertz CT molecular complexity index is 240. The smallest absolute Gasteiger partial charge is 0.228 e. The van der Waals surface area contributed by atoms with Crippen molar-refractivity contribution in [1.29, 1.82) is 0 Å². The molecular formula is C10H18N2O2. The lowest BCUT2D eigenvalue weighted by molar-refractivity contribution is -0.131. The number of carbonyl (C=O) groups excluding carboxylic acids is 2. The second-order valence-corrected chi connectivity index (χ2v) is 4.12. The highest BCUT2D eigenvalue weighted by Gasteiger charge is 2.40. The molecule has 0 spiro atoms. The van der Waals surface area contributed by atoms with E-state index >= 15 is 0 Å². The van der Waals surface area contributed by atoms with Gasteiger partial charge in [-0.3, -0.25) is 9.59 Å². The maximum atomic E-state index is 11.7. The molecule has 1 rings (SSSR count). The molecule has 14 heavy (non-hydrogen) atoms. The van der Waals surface area contributed by atoms with E-state index in [4.69, 9.17) is 0 Å². The zero-order chi connectivity index (χ0) is 10.6. The summed E-state index contributed by atoms with van der Waals surface area (Å²) in [5.74, 6) is -0.0394. The molecule has 1 unspecified atom stereocenters. The van der Waals surface area contributed by atoms with Gasteiger partial charge < -0.3 is 10.6 Å². The van der Waals surface area contributed by atoms with E-state index < -0.39 is 5.41 Å². The highest BCUT2D eigenvalue weighted by atomic mass is 16.2. The molecule has 0 radical (unpaired) electrons. The van der Waals surface area contributed by atoms with Crippen molar-refractivity contribution in [2.45, 2.75) is 33.1 Å². The van der Waals surface area contributed by atoms with Crippen LogP contribution in [-0.2, 0) is 9.59 Å². The number of hydrogen-bond donors (Lipinski definition) is 2. The predicted octanol–water partition coefficient (Wildman–Crippen LogP) is 0.429. The Hall–Kier alpha value is -1.06. The first-order chi connectivity index (χ1) is 6.58. The van der Waals surface area contributed by atoms with Crippen LogP contribution in [-0.4, -0.2) is 24.9 Å². The van der Waals surface area contributed by atoms with Crippen LogP contribution in [0.25, 0.3) is 0 Å². The summed E-state index contributed by atoms with van der Waals surface area (Å²) in [4.78, 5) is 22.7. The number of unbranched alkanes of at least 4 members (excludes halogenated alkanes) is 1. The summed E-state index contributed by atoms with van der Waals surface area (Å²) in [5, 5.41) is 5.54. The van der Waals surface area contributed by atoms with Gasteiger partial charge in [0.15, 0.2) is 0 Å². The van der Waals surface area contributed by atoms with Crippen molar-refractivity contribution < 1.29 is 9.59 Å². The highest BCUT2D eigenvalue weighted by Crippen LogP contribution is 2.25. The molecule has 0 saturated carbocycles. The Morgan fingerprint density at radius 2 is 2.36 bits per heavy atom. The summed E-state index contributed by atoms with van der Waals surface area (Å²) < 4.78 is 0. The number of hydrogen-bond acceptors (Lipinski definition) is 2. The number of carbonyl (C=O) groups is 2. The fraction of sp³-hybridized carbons (Fsp3) is 0.800. The molecule has 1 fully saturated rings. The van der Waals surface area contributed by atoms with E-state index in [1.807, 2.05) is 6.92 Å². The molecule has 0 aliphatic carbocycles. The van der Waals surface area contributed by atoms with Crippen molar-refractivity contribution >= 4 is 11.8 Å². The molecule has 0 aromatic rings. The van der Waals surface area contributed by atoms with Gasteiger partial charge in [-0.15, -0.1) is 0 Å². The van der Waals surface area contributed by atoms with Gasteiger partial charge in [-0.05, 0) is 13.3 Å². The number of amides is 2. The van der Waals surface area contributed by atoms with E-state index in [1.54, 1.807) is 0 Å². The van der Waals surface area contributed by atoms with E-state index in [0.29, 0.717) is 19.5 Å². The normalized spacial score (nSPS) is 26.0. The summed E-state index contributed by atoms with van der Waals surface area (Å²) >= 11 is 0. The van der Waals surface area contributed by atoms with E-state index in [0.717, 1.165) is 12.8 Å². The van der Waals surface area contributed by atoms with Crippen LogP contribution in [0.1, 0.15) is 33.1 Å². The maximum Gasteiger partial charge on any atom is 0.228 e. The molecule has 1 aliphatic heterocycles. The van der Waals surface area contributed by atoms with Crippen LogP contribution in [0.3, 0.4) is 0 Å².